The van der Waals surface area contributed by atoms with Gasteiger partial charge in [0.25, 0.3) is 0 Å². The van der Waals surface area contributed by atoms with E-state index >= 15 is 0 Å². The summed E-state index contributed by atoms with van der Waals surface area (Å²) >= 11 is 0. The van der Waals surface area contributed by atoms with E-state index in [0.29, 0.717) is 40.3 Å². The predicted molar refractivity (Wildman–Crippen MR) is 174 cm³/mol. The molecule has 0 aliphatic heterocycles. The molecule has 0 atom stereocenters. The summed E-state index contributed by atoms with van der Waals surface area (Å²) in [5, 5.41) is 12.2. The molecule has 0 saturated heterocycles. The first kappa shape index (κ1) is 30.1. The molecule has 0 saturated carbocycles. The van der Waals surface area contributed by atoms with Gasteiger partial charge in [0.05, 0.1) is 29.4 Å². The molecule has 6 rings (SSSR count). The topological polar surface area (TPSA) is 146 Å². The lowest BCUT2D eigenvalue weighted by Gasteiger charge is -2.17. The number of hydrogen-bond donors (Lipinski definition) is 4. The van der Waals surface area contributed by atoms with Gasteiger partial charge < -0.3 is 10.3 Å². The molecule has 1 amide bonds. The maximum atomic E-state index is 14.6. The van der Waals surface area contributed by atoms with Crippen molar-refractivity contribution in [2.75, 3.05) is 11.6 Å². The van der Waals surface area contributed by atoms with Crippen molar-refractivity contribution in [3.8, 4) is 33.6 Å². The van der Waals surface area contributed by atoms with Crippen LogP contribution in [0, 0.1) is 11.2 Å². The Morgan fingerprint density at radius 1 is 0.956 bits per heavy atom. The Morgan fingerprint density at radius 2 is 1.78 bits per heavy atom. The van der Waals surface area contributed by atoms with Crippen LogP contribution in [-0.2, 0) is 21.4 Å². The van der Waals surface area contributed by atoms with Crippen LogP contribution >= 0.6 is 0 Å². The minimum Gasteiger partial charge on any atom is -0.338 e. The standard InChI is InChI=1S/C33H32FN7O3S/c1-33(2,3)15-30(42)38-24-12-22(17-35-18-24)20-5-6-28-27(13-20)31(41-40-28)29-14-26-25(7-8-36-32(26)39-29)21-9-19(10-23(34)11-21)16-37-45(4,43)44/h5-14,17-18,37H,15-16H2,1-4H3,(H,36,39)(H,38,42)(H,40,41). The maximum absolute atomic E-state index is 14.6. The lowest BCUT2D eigenvalue weighted by Crippen LogP contribution is -2.21. The molecule has 0 aliphatic rings. The molecular formula is C33H32FN7O3S. The summed E-state index contributed by atoms with van der Waals surface area (Å²) in [6.45, 7) is 6.02. The molecule has 6 aromatic rings. The molecule has 0 spiro atoms. The molecule has 0 radical (unpaired) electrons. The smallest absolute Gasteiger partial charge is 0.224 e. The van der Waals surface area contributed by atoms with Crippen LogP contribution in [0.4, 0.5) is 10.1 Å². The second kappa shape index (κ2) is 11.5. The summed E-state index contributed by atoms with van der Waals surface area (Å²) < 4.78 is 40.2. The van der Waals surface area contributed by atoms with Crippen molar-refractivity contribution in [2.45, 2.75) is 33.7 Å². The van der Waals surface area contributed by atoms with E-state index in [1.807, 2.05) is 51.1 Å². The second-order valence-corrected chi connectivity index (χ2v) is 14.2. The molecular weight excluding hydrogens is 593 g/mol. The summed E-state index contributed by atoms with van der Waals surface area (Å²) in [6.07, 6.45) is 6.47. The lowest BCUT2D eigenvalue weighted by atomic mass is 9.92. The number of H-pyrrole nitrogens is 2. The van der Waals surface area contributed by atoms with Crippen LogP contribution in [0.1, 0.15) is 32.8 Å². The molecule has 45 heavy (non-hydrogen) atoms. The van der Waals surface area contributed by atoms with Gasteiger partial charge in [0.2, 0.25) is 15.9 Å². The molecule has 4 aromatic heterocycles. The largest absolute Gasteiger partial charge is 0.338 e. The minimum atomic E-state index is -3.44. The SMILES string of the molecule is CC(C)(C)CC(=O)Nc1cncc(-c2ccc3[nH]nc(-c4cc5c(-c6cc(F)cc(CNS(C)(=O)=O)c6)ccnc5[nH]4)c3c2)c1. The second-order valence-electron chi connectivity index (χ2n) is 12.3. The molecule has 10 nitrogen and oxygen atoms in total. The van der Waals surface area contributed by atoms with Crippen LogP contribution in [-0.4, -0.2) is 45.7 Å². The molecule has 2 aromatic carbocycles. The fourth-order valence-corrected chi connectivity index (χ4v) is 5.71. The van der Waals surface area contributed by atoms with Crippen LogP contribution in [0.15, 0.2) is 73.2 Å². The van der Waals surface area contributed by atoms with E-state index in [1.54, 1.807) is 30.7 Å². The van der Waals surface area contributed by atoms with Gasteiger partial charge in [-0.1, -0.05) is 26.8 Å². The van der Waals surface area contributed by atoms with Gasteiger partial charge in [-0.05, 0) is 76.2 Å². The predicted octanol–water partition coefficient (Wildman–Crippen LogP) is 6.40. The number of hydrogen-bond acceptors (Lipinski definition) is 6. The van der Waals surface area contributed by atoms with Crippen LogP contribution in [0.3, 0.4) is 0 Å². The van der Waals surface area contributed by atoms with E-state index in [9.17, 15) is 17.6 Å². The number of nitrogens with zero attached hydrogens (tertiary/aromatic N) is 3. The molecule has 0 bridgehead atoms. The lowest BCUT2D eigenvalue weighted by molar-refractivity contribution is -0.117. The third-order valence-electron chi connectivity index (χ3n) is 7.20. The van der Waals surface area contributed by atoms with Crippen LogP contribution < -0.4 is 10.0 Å². The number of amides is 1. The highest BCUT2D eigenvalue weighted by atomic mass is 32.2. The molecule has 4 N–H and O–H groups in total. The Kier molecular flexibility index (Phi) is 7.71. The number of aromatic amines is 2. The Balaban J connectivity index is 1.34. The summed E-state index contributed by atoms with van der Waals surface area (Å²) in [5.74, 6) is -0.544. The van der Waals surface area contributed by atoms with Gasteiger partial charge in [0, 0.05) is 41.7 Å². The zero-order valence-electron chi connectivity index (χ0n) is 25.2. The number of fused-ring (bicyclic) bond motifs is 2. The van der Waals surface area contributed by atoms with E-state index in [4.69, 9.17) is 0 Å². The number of anilines is 1. The van der Waals surface area contributed by atoms with Gasteiger partial charge in [-0.3, -0.25) is 14.9 Å². The van der Waals surface area contributed by atoms with Crippen LogP contribution in [0.25, 0.3) is 55.6 Å². The van der Waals surface area contributed by atoms with E-state index in [2.05, 4.69) is 35.2 Å². The Hall–Kier alpha value is -4.94. The number of halogens is 1. The number of carbonyl (C=O) groups is 1. The van der Waals surface area contributed by atoms with E-state index in [-0.39, 0.29) is 17.9 Å². The summed E-state index contributed by atoms with van der Waals surface area (Å²) in [5.41, 5.74) is 6.86. The van der Waals surface area contributed by atoms with Crippen molar-refractivity contribution in [1.29, 1.82) is 0 Å². The van der Waals surface area contributed by atoms with E-state index < -0.39 is 15.8 Å². The molecule has 0 fully saturated rings. The van der Waals surface area contributed by atoms with Crippen molar-refractivity contribution in [2.24, 2.45) is 5.41 Å². The van der Waals surface area contributed by atoms with Crippen molar-refractivity contribution in [1.82, 2.24) is 29.9 Å². The monoisotopic (exact) mass is 625 g/mol. The summed E-state index contributed by atoms with van der Waals surface area (Å²) in [6, 6.07) is 16.0. The van der Waals surface area contributed by atoms with Crippen molar-refractivity contribution in [3.63, 3.8) is 0 Å². The first-order chi connectivity index (χ1) is 21.3. The highest BCUT2D eigenvalue weighted by Gasteiger charge is 2.18. The molecule has 12 heteroatoms. The summed E-state index contributed by atoms with van der Waals surface area (Å²) in [7, 11) is -3.44. The number of sulfonamides is 1. The number of carbonyl (C=O) groups excluding carboxylic acids is 1. The third-order valence-corrected chi connectivity index (χ3v) is 7.87. The fraction of sp³-hybridized carbons (Fsp3) is 0.212. The maximum Gasteiger partial charge on any atom is 0.224 e. The first-order valence-corrected chi connectivity index (χ1v) is 16.2. The first-order valence-electron chi connectivity index (χ1n) is 14.3. The average molecular weight is 626 g/mol. The van der Waals surface area contributed by atoms with Gasteiger partial charge in [-0.2, -0.15) is 5.10 Å². The van der Waals surface area contributed by atoms with Crippen molar-refractivity contribution >= 4 is 43.6 Å². The Labute approximate surface area is 259 Å². The number of benzene rings is 2. The number of pyridine rings is 2. The minimum absolute atomic E-state index is 0.0283. The molecule has 4 heterocycles. The Morgan fingerprint density at radius 3 is 2.56 bits per heavy atom. The van der Waals surface area contributed by atoms with Gasteiger partial charge in [0.1, 0.15) is 17.2 Å². The number of nitrogens with one attached hydrogen (secondary N) is 4. The van der Waals surface area contributed by atoms with Gasteiger partial charge >= 0.3 is 0 Å². The zero-order valence-corrected chi connectivity index (χ0v) is 26.0. The average Bonchev–Trinajstić information content (AvgIpc) is 3.58. The highest BCUT2D eigenvalue weighted by molar-refractivity contribution is 7.88. The van der Waals surface area contributed by atoms with Gasteiger partial charge in [-0.15, -0.1) is 0 Å². The molecule has 0 aliphatic carbocycles. The number of aromatic nitrogens is 5. The Bertz CT molecular complexity index is 2180. The van der Waals surface area contributed by atoms with Crippen LogP contribution in [0.2, 0.25) is 0 Å². The normalized spacial score (nSPS) is 12.2. The molecule has 230 valence electrons. The molecule has 0 unspecified atom stereocenters. The fourth-order valence-electron chi connectivity index (χ4n) is 5.28. The zero-order chi connectivity index (χ0) is 31.9. The number of rotatable bonds is 8. The van der Waals surface area contributed by atoms with Crippen molar-refractivity contribution < 1.29 is 17.6 Å². The third kappa shape index (κ3) is 6.92. The highest BCUT2D eigenvalue weighted by Crippen LogP contribution is 2.35. The summed E-state index contributed by atoms with van der Waals surface area (Å²) in [4.78, 5) is 24.7. The van der Waals surface area contributed by atoms with E-state index in [1.165, 1.54) is 12.1 Å². The quantitative estimate of drug-likeness (QED) is 0.154. The van der Waals surface area contributed by atoms with Gasteiger partial charge in [0.15, 0.2) is 0 Å². The van der Waals surface area contributed by atoms with Crippen molar-refractivity contribution in [3.05, 3.63) is 84.6 Å². The van der Waals surface area contributed by atoms with Crippen LogP contribution in [0.5, 0.6) is 0 Å². The van der Waals surface area contributed by atoms with Gasteiger partial charge in [-0.25, -0.2) is 22.5 Å². The van der Waals surface area contributed by atoms with E-state index in [0.717, 1.165) is 39.2 Å².